The predicted octanol–water partition coefficient (Wildman–Crippen LogP) is 1.05. The van der Waals surface area contributed by atoms with E-state index in [9.17, 15) is 32.7 Å². The normalized spacial score (nSPS) is 15.0. The van der Waals surface area contributed by atoms with Crippen molar-refractivity contribution < 1.29 is 42.5 Å². The first-order chi connectivity index (χ1) is 18.5. The Morgan fingerprint density at radius 3 is 2.35 bits per heavy atom. The highest BCUT2D eigenvalue weighted by atomic mass is 32.2. The molecule has 0 aromatic heterocycles. The summed E-state index contributed by atoms with van der Waals surface area (Å²) in [5.74, 6) is -3.40. The van der Waals surface area contributed by atoms with Gasteiger partial charge in [0, 0.05) is 24.9 Å². The van der Waals surface area contributed by atoms with Gasteiger partial charge in [0.1, 0.15) is 23.4 Å². The quantitative estimate of drug-likeness (QED) is 0.0840. The van der Waals surface area contributed by atoms with Crippen molar-refractivity contribution >= 4 is 39.9 Å². The zero-order valence-electron chi connectivity index (χ0n) is 23.0. The van der Waals surface area contributed by atoms with Gasteiger partial charge in [-0.15, -0.1) is 0 Å². The molecule has 1 amide bonds. The lowest BCUT2D eigenvalue weighted by Gasteiger charge is -2.20. The van der Waals surface area contributed by atoms with E-state index >= 15 is 0 Å². The van der Waals surface area contributed by atoms with E-state index in [-0.39, 0.29) is 30.7 Å². The Bertz CT molecular complexity index is 1350. The molecule has 1 aromatic carbocycles. The summed E-state index contributed by atoms with van der Waals surface area (Å²) >= 11 is 0. The van der Waals surface area contributed by atoms with Crippen molar-refractivity contribution in [2.45, 2.75) is 89.3 Å². The highest BCUT2D eigenvalue weighted by Gasteiger charge is 2.36. The first-order valence-electron chi connectivity index (χ1n) is 12.5. The van der Waals surface area contributed by atoms with E-state index in [1.165, 1.54) is 6.08 Å². The van der Waals surface area contributed by atoms with E-state index in [2.05, 4.69) is 20.3 Å². The van der Waals surface area contributed by atoms with Crippen LogP contribution in [0, 0.1) is 26.2 Å². The van der Waals surface area contributed by atoms with E-state index in [4.69, 9.17) is 15.3 Å². The number of carboxylic acids is 2. The maximum Gasteiger partial charge on any atom is 0.326 e. The fourth-order valence-corrected chi connectivity index (χ4v) is 6.01. The third kappa shape index (κ3) is 8.02. The number of hydrogen-bond acceptors (Lipinski definition) is 9. The number of guanidine groups is 1. The molecule has 1 aliphatic heterocycles. The minimum atomic E-state index is -4.13. The Hall–Kier alpha value is -3.97. The Morgan fingerprint density at radius 2 is 1.77 bits per heavy atom. The van der Waals surface area contributed by atoms with Crippen molar-refractivity contribution in [3.63, 3.8) is 0 Å². The second kappa shape index (κ2) is 12.9. The maximum absolute atomic E-state index is 13.2. The van der Waals surface area contributed by atoms with Gasteiger partial charge < -0.3 is 25.6 Å². The van der Waals surface area contributed by atoms with Crippen molar-refractivity contribution in [1.82, 2.24) is 15.4 Å². The lowest BCUT2D eigenvalue weighted by molar-refractivity contribution is -0.143. The van der Waals surface area contributed by atoms with Crippen LogP contribution in [0.5, 0.6) is 5.75 Å². The molecule has 1 heterocycles. The summed E-state index contributed by atoms with van der Waals surface area (Å²) in [6.45, 7) is 9.04. The number of benzene rings is 1. The van der Waals surface area contributed by atoms with E-state index < -0.39 is 57.9 Å². The molecule has 14 nitrogen and oxygen atoms in total. The minimum absolute atomic E-state index is 0.0179. The standard InChI is InChI=1S/C25H35N5O9S/c1-13-14(2)21(15(3)16-11-25(4,5)39-20(13)16)40(37,38)30-24(26)27-10-6-7-17(28-12-31)22(34)29-18(23(35)36)8-9-19(32)33/h17-18H,6-11H2,1-5H3,(H,29,34)(H,32,33)(H,35,36)(H3,26,27,30)/t17-,18-/m0/s1. The number of carbonyl (C=O) groups is 3. The smallest absolute Gasteiger partial charge is 0.326 e. The number of ether oxygens (including phenoxy) is 1. The lowest BCUT2D eigenvalue weighted by Crippen LogP contribution is -2.45. The maximum atomic E-state index is 13.2. The van der Waals surface area contributed by atoms with Gasteiger partial charge in [-0.25, -0.2) is 22.7 Å². The van der Waals surface area contributed by atoms with Gasteiger partial charge >= 0.3 is 11.9 Å². The van der Waals surface area contributed by atoms with Crippen molar-refractivity contribution in [3.8, 4) is 5.75 Å². The van der Waals surface area contributed by atoms with Crippen LogP contribution in [0.2, 0.25) is 0 Å². The average molecular weight is 582 g/mol. The number of sulfonamides is 1. The zero-order chi connectivity index (χ0) is 30.4. The van der Waals surface area contributed by atoms with Gasteiger partial charge in [0.05, 0.1) is 4.90 Å². The number of hydrogen-bond donors (Lipinski definition) is 6. The molecule has 0 fully saturated rings. The lowest BCUT2D eigenvalue weighted by atomic mass is 9.94. The summed E-state index contributed by atoms with van der Waals surface area (Å²) in [7, 11) is -4.13. The van der Waals surface area contributed by atoms with E-state index in [0.717, 1.165) is 5.56 Å². The number of carboxylic acid groups (broad SMARTS) is 2. The highest BCUT2D eigenvalue weighted by molar-refractivity contribution is 7.90. The first-order valence-corrected chi connectivity index (χ1v) is 14.0. The first kappa shape index (κ1) is 32.2. The second-order valence-electron chi connectivity index (χ2n) is 10.2. The molecular weight excluding hydrogens is 546 g/mol. The third-order valence-corrected chi connectivity index (χ3v) is 8.15. The number of rotatable bonds is 13. The highest BCUT2D eigenvalue weighted by Crippen LogP contribution is 2.43. The minimum Gasteiger partial charge on any atom is -0.487 e. The van der Waals surface area contributed by atoms with Crippen molar-refractivity contribution in [3.05, 3.63) is 22.3 Å². The summed E-state index contributed by atoms with van der Waals surface area (Å²) in [6.07, 6.45) is 1.02. The number of amides is 1. The molecule has 220 valence electrons. The van der Waals surface area contributed by atoms with Gasteiger partial charge in [0.25, 0.3) is 10.0 Å². The van der Waals surface area contributed by atoms with Crippen molar-refractivity contribution in [2.24, 2.45) is 4.99 Å². The number of isocyanates is 1. The zero-order valence-corrected chi connectivity index (χ0v) is 23.8. The Morgan fingerprint density at radius 1 is 1.12 bits per heavy atom. The third-order valence-electron chi connectivity index (χ3n) is 6.53. The van der Waals surface area contributed by atoms with Crippen LogP contribution >= 0.6 is 0 Å². The summed E-state index contributed by atoms with van der Waals surface area (Å²) in [4.78, 5) is 48.7. The van der Waals surface area contributed by atoms with E-state index in [0.29, 0.717) is 28.9 Å². The molecule has 2 atom stereocenters. The molecule has 0 spiro atoms. The molecule has 0 unspecified atom stereocenters. The summed E-state index contributed by atoms with van der Waals surface area (Å²) in [5, 5.41) is 30.8. The SMILES string of the molecule is Cc1c(C)c(S(=O)(=O)NC(=N)NCCC[C@H](N=C=O)C(=O)N[C@@H](CCC(=O)O)C(=O)O)c(C)c2c1OC(C)(C)C2. The number of aliphatic carboxylic acids is 2. The van der Waals surface area contributed by atoms with Crippen molar-refractivity contribution in [1.29, 1.82) is 5.41 Å². The van der Waals surface area contributed by atoms with Gasteiger partial charge in [0.15, 0.2) is 0 Å². The molecule has 0 saturated carbocycles. The monoisotopic (exact) mass is 581 g/mol. The summed E-state index contributed by atoms with van der Waals surface area (Å²) < 4.78 is 34.7. The molecular formula is C25H35N5O9S. The van der Waals surface area contributed by atoms with Gasteiger partial charge in [-0.1, -0.05) is 0 Å². The van der Waals surface area contributed by atoms with Gasteiger partial charge in [0.2, 0.25) is 17.9 Å². The molecule has 1 aromatic rings. The van der Waals surface area contributed by atoms with E-state index in [1.807, 2.05) is 13.8 Å². The summed E-state index contributed by atoms with van der Waals surface area (Å²) in [5.41, 5.74) is 2.11. The Kier molecular flexibility index (Phi) is 10.4. The van der Waals surface area contributed by atoms with Gasteiger partial charge in [-0.05, 0) is 70.6 Å². The average Bonchev–Trinajstić information content (AvgIpc) is 3.17. The van der Waals surface area contributed by atoms with Crippen LogP contribution in [-0.4, -0.2) is 72.7 Å². The molecule has 2 rings (SSSR count). The number of nitrogens with one attached hydrogen (secondary N) is 4. The van der Waals surface area contributed by atoms with Crippen LogP contribution in [-0.2, 0) is 35.6 Å². The Balaban J connectivity index is 2.00. The van der Waals surface area contributed by atoms with Crippen LogP contribution in [0.1, 0.15) is 61.8 Å². The van der Waals surface area contributed by atoms with Crippen LogP contribution in [0.25, 0.3) is 0 Å². The largest absolute Gasteiger partial charge is 0.487 e. The topological polar surface area (TPSA) is 224 Å². The Labute approximate surface area is 232 Å². The van der Waals surface area contributed by atoms with Gasteiger partial charge in [-0.3, -0.25) is 15.0 Å². The molecule has 0 bridgehead atoms. The summed E-state index contributed by atoms with van der Waals surface area (Å²) in [6, 6.07) is -2.79. The fourth-order valence-electron chi connectivity index (χ4n) is 4.49. The molecule has 15 heteroatoms. The van der Waals surface area contributed by atoms with Crippen LogP contribution < -0.4 is 20.1 Å². The van der Waals surface area contributed by atoms with Crippen LogP contribution in [0.4, 0.5) is 0 Å². The molecule has 6 N–H and O–H groups in total. The second-order valence-corrected chi connectivity index (χ2v) is 11.8. The molecule has 0 radical (unpaired) electrons. The van der Waals surface area contributed by atoms with Gasteiger partial charge in [-0.2, -0.15) is 4.99 Å². The number of nitrogens with zero attached hydrogens (tertiary/aromatic N) is 1. The van der Waals surface area contributed by atoms with Crippen LogP contribution in [0.3, 0.4) is 0 Å². The molecule has 1 aliphatic rings. The number of fused-ring (bicyclic) bond motifs is 1. The fraction of sp³-hybridized carbons (Fsp3) is 0.560. The molecule has 0 saturated heterocycles. The predicted molar refractivity (Wildman–Crippen MR) is 143 cm³/mol. The van der Waals surface area contributed by atoms with E-state index in [1.54, 1.807) is 20.8 Å². The number of aliphatic imine (C=N–C) groups is 1. The van der Waals surface area contributed by atoms with Crippen LogP contribution in [0.15, 0.2) is 9.89 Å². The number of carbonyl (C=O) groups excluding carboxylic acids is 2. The molecule has 0 aliphatic carbocycles. The molecule has 40 heavy (non-hydrogen) atoms. The van der Waals surface area contributed by atoms with Crippen molar-refractivity contribution in [2.75, 3.05) is 6.54 Å².